The van der Waals surface area contributed by atoms with Crippen LogP contribution in [0.5, 0.6) is 11.5 Å². The zero-order valence-electron chi connectivity index (χ0n) is 14.2. The van der Waals surface area contributed by atoms with Crippen LogP contribution in [0.1, 0.15) is 23.6 Å². The normalized spacial score (nSPS) is 14.7. The maximum atomic E-state index is 12.5. The van der Waals surface area contributed by atoms with E-state index in [1.807, 2.05) is 19.3 Å². The summed E-state index contributed by atoms with van der Waals surface area (Å²) >= 11 is 6.28. The SMILES string of the molecule is CNC(C(=O)NCc1cc(Cl)c2c(c1)OCCCO2)c1cnn(C)c1. The first-order chi connectivity index (χ1) is 12.1. The van der Waals surface area contributed by atoms with Gasteiger partial charge in [0, 0.05) is 31.8 Å². The van der Waals surface area contributed by atoms with Crippen molar-refractivity contribution in [1.82, 2.24) is 20.4 Å². The maximum Gasteiger partial charge on any atom is 0.242 e. The van der Waals surface area contributed by atoms with Crippen LogP contribution in [0.25, 0.3) is 0 Å². The van der Waals surface area contributed by atoms with Gasteiger partial charge in [0.2, 0.25) is 5.91 Å². The van der Waals surface area contributed by atoms with Crippen molar-refractivity contribution in [3.63, 3.8) is 0 Å². The molecular weight excluding hydrogens is 344 g/mol. The minimum Gasteiger partial charge on any atom is -0.489 e. The van der Waals surface area contributed by atoms with Crippen LogP contribution in [-0.2, 0) is 18.4 Å². The summed E-state index contributed by atoms with van der Waals surface area (Å²) in [4.78, 5) is 12.5. The molecular formula is C17H21ClN4O3. The third kappa shape index (κ3) is 4.05. The fourth-order valence-electron chi connectivity index (χ4n) is 2.72. The Kier molecular flexibility index (Phi) is 5.45. The van der Waals surface area contributed by atoms with E-state index in [1.165, 1.54) is 0 Å². The highest BCUT2D eigenvalue weighted by molar-refractivity contribution is 6.32. The Morgan fingerprint density at radius 2 is 2.20 bits per heavy atom. The lowest BCUT2D eigenvalue weighted by atomic mass is 10.1. The van der Waals surface area contributed by atoms with Gasteiger partial charge in [0.1, 0.15) is 6.04 Å². The lowest BCUT2D eigenvalue weighted by Gasteiger charge is -2.16. The lowest BCUT2D eigenvalue weighted by molar-refractivity contribution is -0.123. The van der Waals surface area contributed by atoms with Crippen LogP contribution >= 0.6 is 11.6 Å². The van der Waals surface area contributed by atoms with E-state index in [1.54, 1.807) is 24.0 Å². The van der Waals surface area contributed by atoms with Gasteiger partial charge in [0.15, 0.2) is 11.5 Å². The number of likely N-dealkylation sites (N-methyl/N-ethyl adjacent to an activating group) is 1. The van der Waals surface area contributed by atoms with Gasteiger partial charge in [-0.25, -0.2) is 0 Å². The number of ether oxygens (including phenoxy) is 2. The minimum absolute atomic E-state index is 0.140. The van der Waals surface area contributed by atoms with E-state index in [2.05, 4.69) is 15.7 Å². The molecule has 0 fully saturated rings. The summed E-state index contributed by atoms with van der Waals surface area (Å²) in [6.45, 7) is 1.51. The number of amides is 1. The van der Waals surface area contributed by atoms with Gasteiger partial charge < -0.3 is 20.1 Å². The zero-order chi connectivity index (χ0) is 17.8. The number of aromatic nitrogens is 2. The second-order valence-corrected chi connectivity index (χ2v) is 6.25. The Bertz CT molecular complexity index is 762. The van der Waals surface area contributed by atoms with Crippen LogP contribution in [0.15, 0.2) is 24.5 Å². The maximum absolute atomic E-state index is 12.5. The van der Waals surface area contributed by atoms with Gasteiger partial charge in [-0.15, -0.1) is 0 Å². The molecule has 1 aliphatic heterocycles. The predicted octanol–water partition coefficient (Wildman–Crippen LogP) is 1.81. The highest BCUT2D eigenvalue weighted by atomic mass is 35.5. The predicted molar refractivity (Wildman–Crippen MR) is 93.9 cm³/mol. The molecule has 2 aromatic rings. The molecule has 0 spiro atoms. The third-order valence-corrected chi connectivity index (χ3v) is 4.22. The Labute approximate surface area is 151 Å². The number of carbonyl (C=O) groups excluding carboxylic acids is 1. The lowest BCUT2D eigenvalue weighted by Crippen LogP contribution is -2.35. The van der Waals surface area contributed by atoms with Crippen molar-refractivity contribution in [3.05, 3.63) is 40.7 Å². The fraction of sp³-hybridized carbons (Fsp3) is 0.412. The van der Waals surface area contributed by atoms with Crippen molar-refractivity contribution < 1.29 is 14.3 Å². The first kappa shape index (κ1) is 17.6. The van der Waals surface area contributed by atoms with Crippen LogP contribution in [0.2, 0.25) is 5.02 Å². The van der Waals surface area contributed by atoms with Gasteiger partial charge in [-0.2, -0.15) is 5.10 Å². The monoisotopic (exact) mass is 364 g/mol. The van der Waals surface area contributed by atoms with Crippen LogP contribution in [0, 0.1) is 0 Å². The van der Waals surface area contributed by atoms with Crippen molar-refractivity contribution in [2.24, 2.45) is 7.05 Å². The molecule has 8 heteroatoms. The highest BCUT2D eigenvalue weighted by Gasteiger charge is 2.21. The molecule has 0 saturated heterocycles. The summed E-state index contributed by atoms with van der Waals surface area (Å²) in [5.41, 5.74) is 1.66. The zero-order valence-corrected chi connectivity index (χ0v) is 15.0. The molecule has 2 heterocycles. The topological polar surface area (TPSA) is 77.4 Å². The van der Waals surface area contributed by atoms with Crippen LogP contribution in [0.3, 0.4) is 0 Å². The number of nitrogens with one attached hydrogen (secondary N) is 2. The minimum atomic E-state index is -0.468. The number of benzene rings is 1. The average molecular weight is 365 g/mol. The third-order valence-electron chi connectivity index (χ3n) is 3.94. The summed E-state index contributed by atoms with van der Waals surface area (Å²) in [6, 6.07) is 3.17. The Morgan fingerprint density at radius 1 is 1.40 bits per heavy atom. The van der Waals surface area contributed by atoms with Gasteiger partial charge in [0.05, 0.1) is 24.4 Å². The number of aryl methyl sites for hydroxylation is 1. The van der Waals surface area contributed by atoms with E-state index in [0.29, 0.717) is 36.3 Å². The molecule has 7 nitrogen and oxygen atoms in total. The largest absolute Gasteiger partial charge is 0.489 e. The number of rotatable bonds is 5. The Hall–Kier alpha value is -2.25. The van der Waals surface area contributed by atoms with Crippen molar-refractivity contribution in [3.8, 4) is 11.5 Å². The standard InChI is InChI=1S/C17H21ClN4O3/c1-19-15(12-9-21-22(2)10-12)17(23)20-8-11-6-13(18)16-14(7-11)24-4-3-5-25-16/h6-7,9-10,15,19H,3-5,8H2,1-2H3,(H,20,23). The van der Waals surface area contributed by atoms with Gasteiger partial charge >= 0.3 is 0 Å². The smallest absolute Gasteiger partial charge is 0.242 e. The van der Waals surface area contributed by atoms with Gasteiger partial charge in [-0.3, -0.25) is 9.48 Å². The van der Waals surface area contributed by atoms with Crippen molar-refractivity contribution in [2.75, 3.05) is 20.3 Å². The molecule has 0 aliphatic carbocycles. The Morgan fingerprint density at radius 3 is 2.92 bits per heavy atom. The van der Waals surface area contributed by atoms with E-state index in [0.717, 1.165) is 17.5 Å². The van der Waals surface area contributed by atoms with E-state index in [9.17, 15) is 4.79 Å². The molecule has 1 aliphatic rings. The number of hydrogen-bond acceptors (Lipinski definition) is 5. The summed E-state index contributed by atoms with van der Waals surface area (Å²) in [7, 11) is 3.55. The molecule has 2 N–H and O–H groups in total. The summed E-state index contributed by atoms with van der Waals surface area (Å²) in [5, 5.41) is 10.5. The molecule has 0 saturated carbocycles. The number of fused-ring (bicyclic) bond motifs is 1. The Balaban J connectivity index is 1.69. The molecule has 1 aromatic heterocycles. The second-order valence-electron chi connectivity index (χ2n) is 5.84. The first-order valence-electron chi connectivity index (χ1n) is 8.10. The number of nitrogens with zero attached hydrogens (tertiary/aromatic N) is 2. The van der Waals surface area contributed by atoms with Crippen molar-refractivity contribution in [1.29, 1.82) is 0 Å². The van der Waals surface area contributed by atoms with E-state index >= 15 is 0 Å². The van der Waals surface area contributed by atoms with Crippen molar-refractivity contribution >= 4 is 17.5 Å². The number of halogens is 1. The van der Waals surface area contributed by atoms with Crippen LogP contribution < -0.4 is 20.1 Å². The van der Waals surface area contributed by atoms with E-state index < -0.39 is 6.04 Å². The molecule has 0 radical (unpaired) electrons. The molecule has 25 heavy (non-hydrogen) atoms. The fourth-order valence-corrected chi connectivity index (χ4v) is 3.00. The molecule has 1 unspecified atom stereocenters. The van der Waals surface area contributed by atoms with E-state index in [4.69, 9.17) is 21.1 Å². The molecule has 3 rings (SSSR count). The summed E-state index contributed by atoms with van der Waals surface area (Å²) in [5.74, 6) is 1.04. The highest BCUT2D eigenvalue weighted by Crippen LogP contribution is 2.37. The first-order valence-corrected chi connectivity index (χ1v) is 8.48. The summed E-state index contributed by atoms with van der Waals surface area (Å²) < 4.78 is 12.9. The molecule has 1 amide bonds. The van der Waals surface area contributed by atoms with E-state index in [-0.39, 0.29) is 5.91 Å². The molecule has 0 bridgehead atoms. The number of carbonyl (C=O) groups is 1. The van der Waals surface area contributed by atoms with Gasteiger partial charge in [-0.05, 0) is 24.7 Å². The van der Waals surface area contributed by atoms with Gasteiger partial charge in [0.25, 0.3) is 0 Å². The summed E-state index contributed by atoms with van der Waals surface area (Å²) in [6.07, 6.45) is 4.29. The molecule has 134 valence electrons. The van der Waals surface area contributed by atoms with Crippen LogP contribution in [0.4, 0.5) is 0 Å². The van der Waals surface area contributed by atoms with Gasteiger partial charge in [-0.1, -0.05) is 11.6 Å². The van der Waals surface area contributed by atoms with Crippen molar-refractivity contribution in [2.45, 2.75) is 19.0 Å². The second kappa shape index (κ2) is 7.76. The molecule has 1 aromatic carbocycles. The molecule has 1 atom stereocenters. The quantitative estimate of drug-likeness (QED) is 0.846. The average Bonchev–Trinajstić information content (AvgIpc) is 2.87. The number of hydrogen-bond donors (Lipinski definition) is 2. The van der Waals surface area contributed by atoms with Crippen LogP contribution in [-0.4, -0.2) is 35.9 Å².